The van der Waals surface area contributed by atoms with Crippen LogP contribution in [-0.2, 0) is 4.79 Å². The van der Waals surface area contributed by atoms with E-state index in [4.69, 9.17) is 4.42 Å². The minimum atomic E-state index is -0.442. The molecule has 4 rings (SSSR count). The number of aromatic hydroxyl groups is 1. The number of phenolic OH excluding ortho intramolecular Hbond substituents is 1. The highest BCUT2D eigenvalue weighted by Crippen LogP contribution is 2.28. The van der Waals surface area contributed by atoms with Gasteiger partial charge < -0.3 is 9.52 Å². The van der Waals surface area contributed by atoms with Gasteiger partial charge >= 0.3 is 0 Å². The molecule has 0 spiro atoms. The standard InChI is InChI=1S/C19H10N2O4S/c22-14-3-1-2-11(6-14)4-5-12-9-20-10-13-7-15(25-17(12)13)8-16-18(23)21-19(24)26-16/h1-3,6-10,22H,(H,21,23,24)/b16-8-. The van der Waals surface area contributed by atoms with E-state index in [2.05, 4.69) is 22.1 Å². The summed E-state index contributed by atoms with van der Waals surface area (Å²) in [6.07, 6.45) is 4.73. The molecule has 1 aromatic carbocycles. The summed E-state index contributed by atoms with van der Waals surface area (Å²) in [5, 5.41) is 12.0. The summed E-state index contributed by atoms with van der Waals surface area (Å²) >= 11 is 0.826. The van der Waals surface area contributed by atoms with Crippen molar-refractivity contribution in [2.75, 3.05) is 0 Å². The Kier molecular flexibility index (Phi) is 3.95. The number of benzene rings is 1. The van der Waals surface area contributed by atoms with Gasteiger partial charge in [-0.15, -0.1) is 0 Å². The molecule has 0 bridgehead atoms. The lowest BCUT2D eigenvalue weighted by Crippen LogP contribution is -2.17. The number of thioether (sulfide) groups is 1. The maximum Gasteiger partial charge on any atom is 0.290 e. The lowest BCUT2D eigenvalue weighted by atomic mass is 10.2. The van der Waals surface area contributed by atoms with Crippen LogP contribution in [0.5, 0.6) is 5.75 Å². The summed E-state index contributed by atoms with van der Waals surface area (Å²) in [5.74, 6) is 6.06. The van der Waals surface area contributed by atoms with Crippen molar-refractivity contribution in [3.05, 3.63) is 64.5 Å². The minimum Gasteiger partial charge on any atom is -0.508 e. The third-order valence-corrected chi connectivity index (χ3v) is 4.36. The zero-order valence-corrected chi connectivity index (χ0v) is 14.0. The molecule has 2 N–H and O–H groups in total. The molecule has 2 amide bonds. The molecule has 6 nitrogen and oxygen atoms in total. The first-order valence-electron chi connectivity index (χ1n) is 7.52. The van der Waals surface area contributed by atoms with Crippen LogP contribution in [0.15, 0.2) is 52.0 Å². The Morgan fingerprint density at radius 3 is 2.85 bits per heavy atom. The highest BCUT2D eigenvalue weighted by Gasteiger charge is 2.25. The van der Waals surface area contributed by atoms with Crippen LogP contribution in [0.25, 0.3) is 17.0 Å². The number of aromatic nitrogens is 1. The van der Waals surface area contributed by atoms with Crippen LogP contribution in [-0.4, -0.2) is 21.2 Å². The van der Waals surface area contributed by atoms with Crippen molar-refractivity contribution in [1.82, 2.24) is 10.3 Å². The Morgan fingerprint density at radius 2 is 2.08 bits per heavy atom. The number of nitrogens with zero attached hydrogens (tertiary/aromatic N) is 1. The molecule has 26 heavy (non-hydrogen) atoms. The number of hydrogen-bond acceptors (Lipinski definition) is 6. The lowest BCUT2D eigenvalue weighted by molar-refractivity contribution is -0.115. The second kappa shape index (κ2) is 6.43. The maximum absolute atomic E-state index is 11.6. The maximum atomic E-state index is 11.6. The number of fused-ring (bicyclic) bond motifs is 1. The quantitative estimate of drug-likeness (QED) is 0.510. The number of imide groups is 1. The van der Waals surface area contributed by atoms with E-state index in [1.807, 2.05) is 0 Å². The largest absolute Gasteiger partial charge is 0.508 e. The van der Waals surface area contributed by atoms with Gasteiger partial charge in [0.2, 0.25) is 0 Å². The Morgan fingerprint density at radius 1 is 1.19 bits per heavy atom. The SMILES string of the molecule is O=C1NC(=O)/C(=C/c2cc3cncc(C#Cc4cccc(O)c4)c3o2)S1. The van der Waals surface area contributed by atoms with Crippen LogP contribution in [0, 0.1) is 11.8 Å². The number of furan rings is 1. The van der Waals surface area contributed by atoms with Gasteiger partial charge in [-0.1, -0.05) is 17.9 Å². The Balaban J connectivity index is 1.72. The molecule has 7 heteroatoms. The molecule has 3 heterocycles. The number of rotatable bonds is 1. The molecular weight excluding hydrogens is 352 g/mol. The van der Waals surface area contributed by atoms with E-state index in [1.54, 1.807) is 42.7 Å². The summed E-state index contributed by atoms with van der Waals surface area (Å²) < 4.78 is 5.78. The molecule has 0 unspecified atom stereocenters. The molecule has 0 saturated carbocycles. The fourth-order valence-corrected chi connectivity index (χ4v) is 3.08. The molecule has 1 aliphatic rings. The van der Waals surface area contributed by atoms with Crippen LogP contribution in [0.3, 0.4) is 0 Å². The molecule has 2 aromatic heterocycles. The first-order valence-corrected chi connectivity index (χ1v) is 8.33. The number of nitrogens with one attached hydrogen (secondary N) is 1. The normalized spacial score (nSPS) is 15.2. The predicted molar refractivity (Wildman–Crippen MR) is 97.2 cm³/mol. The second-order valence-electron chi connectivity index (χ2n) is 5.41. The van der Waals surface area contributed by atoms with Gasteiger partial charge in [0.25, 0.3) is 11.1 Å². The lowest BCUT2D eigenvalue weighted by Gasteiger charge is -1.93. The van der Waals surface area contributed by atoms with Gasteiger partial charge in [-0.05, 0) is 36.0 Å². The summed E-state index contributed by atoms with van der Waals surface area (Å²) in [6, 6.07) is 8.35. The van der Waals surface area contributed by atoms with E-state index in [0.29, 0.717) is 22.5 Å². The Labute approximate surface area is 151 Å². The van der Waals surface area contributed by atoms with Gasteiger partial charge in [0.1, 0.15) is 11.5 Å². The molecule has 126 valence electrons. The summed E-state index contributed by atoms with van der Waals surface area (Å²) in [5.41, 5.74) is 1.78. The van der Waals surface area contributed by atoms with Crippen molar-refractivity contribution in [3.63, 3.8) is 0 Å². The Hall–Kier alpha value is -3.50. The highest BCUT2D eigenvalue weighted by molar-refractivity contribution is 8.18. The summed E-state index contributed by atoms with van der Waals surface area (Å²) in [7, 11) is 0. The molecule has 0 radical (unpaired) electrons. The average molecular weight is 362 g/mol. The van der Waals surface area contributed by atoms with E-state index >= 15 is 0 Å². The second-order valence-corrected chi connectivity index (χ2v) is 6.42. The van der Waals surface area contributed by atoms with Crippen LogP contribution in [0.4, 0.5) is 4.79 Å². The minimum absolute atomic E-state index is 0.141. The van der Waals surface area contributed by atoms with Crippen molar-refractivity contribution in [2.45, 2.75) is 0 Å². The predicted octanol–water partition coefficient (Wildman–Crippen LogP) is 3.26. The first kappa shape index (κ1) is 16.0. The van der Waals surface area contributed by atoms with Crippen molar-refractivity contribution in [1.29, 1.82) is 0 Å². The van der Waals surface area contributed by atoms with Gasteiger partial charge in [0.15, 0.2) is 5.58 Å². The first-order chi connectivity index (χ1) is 12.6. The van der Waals surface area contributed by atoms with E-state index < -0.39 is 11.1 Å². The Bertz CT molecular complexity index is 1150. The monoisotopic (exact) mass is 362 g/mol. The highest BCUT2D eigenvalue weighted by atomic mass is 32.2. The zero-order valence-electron chi connectivity index (χ0n) is 13.1. The van der Waals surface area contributed by atoms with Gasteiger partial charge in [-0.2, -0.15) is 0 Å². The van der Waals surface area contributed by atoms with E-state index in [0.717, 1.165) is 17.1 Å². The molecular formula is C19H10N2O4S. The molecule has 1 saturated heterocycles. The summed E-state index contributed by atoms with van der Waals surface area (Å²) in [4.78, 5) is 27.3. The third-order valence-electron chi connectivity index (χ3n) is 3.54. The zero-order chi connectivity index (χ0) is 18.1. The number of pyridine rings is 1. The molecule has 3 aromatic rings. The third kappa shape index (κ3) is 3.18. The van der Waals surface area contributed by atoms with Gasteiger partial charge in [-0.3, -0.25) is 19.9 Å². The number of amides is 2. The van der Waals surface area contributed by atoms with E-state index in [9.17, 15) is 14.7 Å². The molecule has 0 atom stereocenters. The van der Waals surface area contributed by atoms with Crippen molar-refractivity contribution >= 4 is 40.0 Å². The van der Waals surface area contributed by atoms with Gasteiger partial charge in [0.05, 0.1) is 10.5 Å². The van der Waals surface area contributed by atoms with E-state index in [1.165, 1.54) is 6.08 Å². The number of phenols is 1. The number of hydrogen-bond donors (Lipinski definition) is 2. The van der Waals surface area contributed by atoms with Crippen molar-refractivity contribution in [3.8, 4) is 17.6 Å². The number of carbonyl (C=O) groups is 2. The molecule has 0 aliphatic carbocycles. The van der Waals surface area contributed by atoms with Gasteiger partial charge in [-0.25, -0.2) is 0 Å². The van der Waals surface area contributed by atoms with E-state index in [-0.39, 0.29) is 10.7 Å². The average Bonchev–Trinajstić information content (AvgIpc) is 3.15. The van der Waals surface area contributed by atoms with Crippen LogP contribution in [0.2, 0.25) is 0 Å². The number of carbonyl (C=O) groups excluding carboxylic acids is 2. The van der Waals surface area contributed by atoms with Crippen LogP contribution >= 0.6 is 11.8 Å². The van der Waals surface area contributed by atoms with Crippen molar-refractivity contribution in [2.24, 2.45) is 0 Å². The fourth-order valence-electron chi connectivity index (χ4n) is 2.42. The smallest absolute Gasteiger partial charge is 0.290 e. The fraction of sp³-hybridized carbons (Fsp3) is 0. The molecule has 1 fully saturated rings. The topological polar surface area (TPSA) is 92.4 Å². The van der Waals surface area contributed by atoms with Gasteiger partial charge in [0, 0.05) is 29.4 Å². The summed E-state index contributed by atoms with van der Waals surface area (Å²) in [6.45, 7) is 0. The molecule has 1 aliphatic heterocycles. The van der Waals surface area contributed by atoms with Crippen LogP contribution in [0.1, 0.15) is 16.9 Å². The van der Waals surface area contributed by atoms with Crippen molar-refractivity contribution < 1.29 is 19.1 Å². The van der Waals surface area contributed by atoms with Crippen LogP contribution < -0.4 is 5.32 Å².